The van der Waals surface area contributed by atoms with Gasteiger partial charge in [-0.05, 0) is 37.7 Å². The molecule has 2 atom stereocenters. The molecule has 4 rings (SSSR count). The van der Waals surface area contributed by atoms with Crippen molar-refractivity contribution in [1.82, 2.24) is 9.55 Å². The Balaban J connectivity index is 1.78. The summed E-state index contributed by atoms with van der Waals surface area (Å²) >= 11 is 2.99. The van der Waals surface area contributed by atoms with Crippen molar-refractivity contribution in [3.8, 4) is 0 Å². The zero-order valence-electron chi connectivity index (χ0n) is 13.1. The van der Waals surface area contributed by atoms with E-state index in [2.05, 4.69) is 11.9 Å². The highest BCUT2D eigenvalue weighted by molar-refractivity contribution is 8.00. The van der Waals surface area contributed by atoms with E-state index >= 15 is 0 Å². The number of hydrogen-bond acceptors (Lipinski definition) is 6. The highest BCUT2D eigenvalue weighted by Crippen LogP contribution is 2.38. The SMILES string of the molecule is CCOC(=O)C1Cn2c(nc3sc4c(c3c2=O)CCC(C)C4)S1. The molecule has 5 nitrogen and oxygen atoms in total. The van der Waals surface area contributed by atoms with Crippen LogP contribution < -0.4 is 5.56 Å². The Morgan fingerprint density at radius 3 is 3.09 bits per heavy atom. The van der Waals surface area contributed by atoms with E-state index in [0.29, 0.717) is 24.2 Å². The molecule has 0 aromatic carbocycles. The van der Waals surface area contributed by atoms with Crippen LogP contribution in [-0.2, 0) is 28.9 Å². The number of carbonyl (C=O) groups excluding carboxylic acids is 1. The van der Waals surface area contributed by atoms with E-state index in [9.17, 15) is 9.59 Å². The molecule has 2 aromatic heterocycles. The van der Waals surface area contributed by atoms with E-state index in [-0.39, 0.29) is 16.8 Å². The second kappa shape index (κ2) is 5.63. The molecule has 7 heteroatoms. The van der Waals surface area contributed by atoms with Crippen molar-refractivity contribution < 1.29 is 9.53 Å². The Labute approximate surface area is 142 Å². The van der Waals surface area contributed by atoms with Gasteiger partial charge in [-0.15, -0.1) is 11.3 Å². The molecule has 0 bridgehead atoms. The monoisotopic (exact) mass is 350 g/mol. The molecular weight excluding hydrogens is 332 g/mol. The van der Waals surface area contributed by atoms with Gasteiger partial charge in [0.05, 0.1) is 18.5 Å². The van der Waals surface area contributed by atoms with Crippen molar-refractivity contribution >= 4 is 39.3 Å². The first-order valence-electron chi connectivity index (χ1n) is 7.96. The molecule has 3 heterocycles. The lowest BCUT2D eigenvalue weighted by Crippen LogP contribution is -2.26. The normalized spacial score (nSPS) is 22.9. The summed E-state index contributed by atoms with van der Waals surface area (Å²) in [4.78, 5) is 31.7. The highest BCUT2D eigenvalue weighted by atomic mass is 32.2. The molecule has 0 fully saturated rings. The van der Waals surface area contributed by atoms with Crippen molar-refractivity contribution in [1.29, 1.82) is 0 Å². The topological polar surface area (TPSA) is 61.2 Å². The lowest BCUT2D eigenvalue weighted by molar-refractivity contribution is -0.142. The van der Waals surface area contributed by atoms with E-state index in [0.717, 1.165) is 29.5 Å². The number of carbonyl (C=O) groups is 1. The van der Waals surface area contributed by atoms with Crippen LogP contribution in [0, 0.1) is 5.92 Å². The molecule has 122 valence electrons. The number of rotatable bonds is 2. The second-order valence-corrected chi connectivity index (χ2v) is 8.45. The van der Waals surface area contributed by atoms with Gasteiger partial charge in [-0.1, -0.05) is 18.7 Å². The molecule has 2 aliphatic rings. The molecule has 2 aromatic rings. The molecule has 0 amide bonds. The fourth-order valence-electron chi connectivity index (χ4n) is 3.34. The molecule has 2 unspecified atom stereocenters. The zero-order valence-corrected chi connectivity index (χ0v) is 14.8. The Morgan fingerprint density at radius 1 is 1.48 bits per heavy atom. The second-order valence-electron chi connectivity index (χ2n) is 6.20. The molecule has 0 N–H and O–H groups in total. The molecular formula is C16H18N2O3S2. The van der Waals surface area contributed by atoms with Gasteiger partial charge in [0.1, 0.15) is 10.1 Å². The van der Waals surface area contributed by atoms with Crippen LogP contribution in [0.3, 0.4) is 0 Å². The molecule has 0 spiro atoms. The molecule has 23 heavy (non-hydrogen) atoms. The smallest absolute Gasteiger partial charge is 0.321 e. The first kappa shape index (κ1) is 15.2. The number of ether oxygens (including phenoxy) is 1. The predicted molar refractivity (Wildman–Crippen MR) is 91.3 cm³/mol. The van der Waals surface area contributed by atoms with Gasteiger partial charge in [0, 0.05) is 4.88 Å². The van der Waals surface area contributed by atoms with E-state index < -0.39 is 0 Å². The van der Waals surface area contributed by atoms with Crippen molar-refractivity contribution in [2.75, 3.05) is 6.61 Å². The summed E-state index contributed by atoms with van der Waals surface area (Å²) in [5.41, 5.74) is 1.21. The quantitative estimate of drug-likeness (QED) is 0.615. The third-order valence-corrected chi connectivity index (χ3v) is 6.82. The number of aromatic nitrogens is 2. The van der Waals surface area contributed by atoms with Gasteiger partial charge in [0.25, 0.3) is 5.56 Å². The summed E-state index contributed by atoms with van der Waals surface area (Å²) in [6.45, 7) is 4.77. The average molecular weight is 350 g/mol. The first-order valence-corrected chi connectivity index (χ1v) is 9.66. The minimum Gasteiger partial charge on any atom is -0.465 e. The van der Waals surface area contributed by atoms with Gasteiger partial charge in [-0.3, -0.25) is 14.2 Å². The maximum absolute atomic E-state index is 12.9. The van der Waals surface area contributed by atoms with Crippen molar-refractivity contribution in [2.24, 2.45) is 5.92 Å². The molecule has 0 saturated carbocycles. The third-order valence-electron chi connectivity index (χ3n) is 4.53. The standard InChI is InChI=1S/C16H18N2O3S2/c1-3-21-15(20)11-7-18-14(19)12-9-5-4-8(2)6-10(9)22-13(12)17-16(18)23-11/h8,11H,3-7H2,1-2H3. The van der Waals surface area contributed by atoms with Crippen molar-refractivity contribution in [3.05, 3.63) is 20.8 Å². The minimum absolute atomic E-state index is 0.0105. The maximum Gasteiger partial charge on any atom is 0.321 e. The predicted octanol–water partition coefficient (Wildman–Crippen LogP) is 2.62. The highest BCUT2D eigenvalue weighted by Gasteiger charge is 2.33. The molecule has 0 saturated heterocycles. The number of hydrogen-bond donors (Lipinski definition) is 0. The average Bonchev–Trinajstić information content (AvgIpc) is 3.08. The Kier molecular flexibility index (Phi) is 3.72. The van der Waals surface area contributed by atoms with Crippen LogP contribution >= 0.6 is 23.1 Å². The largest absolute Gasteiger partial charge is 0.465 e. The summed E-state index contributed by atoms with van der Waals surface area (Å²) in [7, 11) is 0. The molecule has 1 aliphatic heterocycles. The summed E-state index contributed by atoms with van der Waals surface area (Å²) in [6, 6.07) is 0. The summed E-state index contributed by atoms with van der Waals surface area (Å²) < 4.78 is 6.73. The van der Waals surface area contributed by atoms with E-state index in [4.69, 9.17) is 4.74 Å². The Bertz CT molecular complexity index is 855. The number of esters is 1. The lowest BCUT2D eigenvalue weighted by Gasteiger charge is -2.17. The van der Waals surface area contributed by atoms with Gasteiger partial charge in [0.15, 0.2) is 5.16 Å². The third kappa shape index (κ3) is 2.41. The van der Waals surface area contributed by atoms with Crippen LogP contribution in [0.5, 0.6) is 0 Å². The van der Waals surface area contributed by atoms with Gasteiger partial charge < -0.3 is 4.74 Å². The van der Waals surface area contributed by atoms with Gasteiger partial charge in [-0.25, -0.2) is 4.98 Å². The Hall–Kier alpha value is -1.34. The van der Waals surface area contributed by atoms with Crippen LogP contribution in [0.4, 0.5) is 0 Å². The Morgan fingerprint density at radius 2 is 2.30 bits per heavy atom. The zero-order chi connectivity index (χ0) is 16.1. The number of thiophene rings is 1. The number of fused-ring (bicyclic) bond motifs is 4. The maximum atomic E-state index is 12.9. The number of thioether (sulfide) groups is 1. The van der Waals surface area contributed by atoms with Crippen LogP contribution in [0.2, 0.25) is 0 Å². The summed E-state index contributed by atoms with van der Waals surface area (Å²) in [6.07, 6.45) is 3.13. The van der Waals surface area contributed by atoms with Crippen LogP contribution in [0.25, 0.3) is 10.2 Å². The lowest BCUT2D eigenvalue weighted by atomic mass is 9.89. The summed E-state index contributed by atoms with van der Waals surface area (Å²) in [5, 5.41) is 1.07. The van der Waals surface area contributed by atoms with Crippen molar-refractivity contribution in [3.63, 3.8) is 0 Å². The van der Waals surface area contributed by atoms with Gasteiger partial charge >= 0.3 is 5.97 Å². The van der Waals surface area contributed by atoms with Crippen LogP contribution in [-0.4, -0.2) is 27.4 Å². The fourth-order valence-corrected chi connectivity index (χ4v) is 5.85. The van der Waals surface area contributed by atoms with E-state index in [1.54, 1.807) is 22.8 Å². The van der Waals surface area contributed by atoms with Gasteiger partial charge in [0.2, 0.25) is 0 Å². The molecule has 1 aliphatic carbocycles. The minimum atomic E-state index is -0.359. The van der Waals surface area contributed by atoms with E-state index in [1.165, 1.54) is 22.2 Å². The van der Waals surface area contributed by atoms with Crippen LogP contribution in [0.15, 0.2) is 9.95 Å². The van der Waals surface area contributed by atoms with E-state index in [1.807, 2.05) is 0 Å². The number of aryl methyl sites for hydroxylation is 1. The van der Waals surface area contributed by atoms with Gasteiger partial charge in [-0.2, -0.15) is 0 Å². The fraction of sp³-hybridized carbons (Fsp3) is 0.562. The first-order chi connectivity index (χ1) is 11.1. The number of nitrogens with zero attached hydrogens (tertiary/aromatic N) is 2. The van der Waals surface area contributed by atoms with Crippen molar-refractivity contribution in [2.45, 2.75) is 50.1 Å². The van der Waals surface area contributed by atoms with Crippen LogP contribution in [0.1, 0.15) is 30.7 Å². The summed E-state index contributed by atoms with van der Waals surface area (Å²) in [5.74, 6) is 0.411. The molecule has 0 radical (unpaired) electrons.